The van der Waals surface area contributed by atoms with Crippen LogP contribution in [0.3, 0.4) is 0 Å². The molecular weight excluding hydrogens is 369 g/mol. The van der Waals surface area contributed by atoms with Gasteiger partial charge in [-0.05, 0) is 48.7 Å². The van der Waals surface area contributed by atoms with Gasteiger partial charge in [0.25, 0.3) is 0 Å². The van der Waals surface area contributed by atoms with Crippen LogP contribution in [0.1, 0.15) is 30.3 Å². The Morgan fingerprint density at radius 2 is 2.00 bits per heavy atom. The summed E-state index contributed by atoms with van der Waals surface area (Å²) < 4.78 is 18.5. The minimum Gasteiger partial charge on any atom is -0.337 e. The van der Waals surface area contributed by atoms with Crippen molar-refractivity contribution < 1.29 is 13.7 Å². The largest absolute Gasteiger partial charge is 0.337 e. The monoisotopic (exact) mass is 385 g/mol. The number of hydrogen-bond acceptors (Lipinski definition) is 4. The van der Waals surface area contributed by atoms with Crippen molar-refractivity contribution in [2.75, 3.05) is 6.54 Å². The highest BCUT2D eigenvalue weighted by atomic mass is 35.5. The lowest BCUT2D eigenvalue weighted by Crippen LogP contribution is -2.32. The van der Waals surface area contributed by atoms with Gasteiger partial charge in [0.2, 0.25) is 17.6 Å². The zero-order chi connectivity index (χ0) is 18.8. The molecule has 7 heteroatoms. The number of halogens is 2. The van der Waals surface area contributed by atoms with Crippen LogP contribution in [0.5, 0.6) is 0 Å². The van der Waals surface area contributed by atoms with Gasteiger partial charge in [-0.25, -0.2) is 4.39 Å². The molecule has 27 heavy (non-hydrogen) atoms. The van der Waals surface area contributed by atoms with Crippen molar-refractivity contribution in [2.45, 2.75) is 25.3 Å². The molecule has 0 saturated carbocycles. The van der Waals surface area contributed by atoms with E-state index in [0.717, 1.165) is 18.4 Å². The number of carbonyl (C=O) groups is 1. The van der Waals surface area contributed by atoms with E-state index in [4.69, 9.17) is 16.1 Å². The lowest BCUT2D eigenvalue weighted by molar-refractivity contribution is -0.131. The fourth-order valence-corrected chi connectivity index (χ4v) is 3.52. The zero-order valence-corrected chi connectivity index (χ0v) is 15.2. The second-order valence-corrected chi connectivity index (χ2v) is 6.88. The summed E-state index contributed by atoms with van der Waals surface area (Å²) >= 11 is 6.17. The molecule has 1 saturated heterocycles. The van der Waals surface area contributed by atoms with E-state index in [1.54, 1.807) is 23.1 Å². The Bertz CT molecular complexity index is 958. The average molecular weight is 386 g/mol. The average Bonchev–Trinajstić information content (AvgIpc) is 3.33. The lowest BCUT2D eigenvalue weighted by atomic mass is 10.1. The molecule has 0 bridgehead atoms. The smallest absolute Gasteiger partial charge is 0.249 e. The number of amides is 1. The van der Waals surface area contributed by atoms with E-state index in [9.17, 15) is 9.18 Å². The van der Waals surface area contributed by atoms with Gasteiger partial charge in [0.05, 0.1) is 6.42 Å². The van der Waals surface area contributed by atoms with Gasteiger partial charge in [-0.3, -0.25) is 4.79 Å². The Morgan fingerprint density at radius 3 is 2.78 bits per heavy atom. The van der Waals surface area contributed by atoms with Gasteiger partial charge in [-0.2, -0.15) is 4.98 Å². The molecule has 4 rings (SSSR count). The van der Waals surface area contributed by atoms with E-state index >= 15 is 0 Å². The Hall–Kier alpha value is -2.73. The number of hydrogen-bond donors (Lipinski definition) is 0. The van der Waals surface area contributed by atoms with Gasteiger partial charge >= 0.3 is 0 Å². The summed E-state index contributed by atoms with van der Waals surface area (Å²) in [6.45, 7) is 0.641. The Kier molecular flexibility index (Phi) is 4.90. The van der Waals surface area contributed by atoms with Gasteiger partial charge in [0.15, 0.2) is 0 Å². The molecular formula is C20H17ClFN3O2. The van der Waals surface area contributed by atoms with E-state index in [1.165, 1.54) is 12.1 Å². The van der Waals surface area contributed by atoms with Crippen molar-refractivity contribution in [3.8, 4) is 11.4 Å². The van der Waals surface area contributed by atoms with Crippen molar-refractivity contribution in [1.29, 1.82) is 0 Å². The molecule has 0 aliphatic carbocycles. The van der Waals surface area contributed by atoms with Crippen molar-refractivity contribution >= 4 is 17.5 Å². The summed E-state index contributed by atoms with van der Waals surface area (Å²) in [5, 5.41) is 4.57. The Morgan fingerprint density at radius 1 is 1.22 bits per heavy atom. The zero-order valence-electron chi connectivity index (χ0n) is 14.4. The predicted octanol–water partition coefficient (Wildman–Crippen LogP) is 4.44. The minimum absolute atomic E-state index is 0.0212. The number of aromatic nitrogens is 2. The van der Waals surface area contributed by atoms with Crippen LogP contribution in [0.15, 0.2) is 53.1 Å². The molecule has 1 amide bonds. The molecule has 2 heterocycles. The first kappa shape index (κ1) is 17.7. The van der Waals surface area contributed by atoms with Gasteiger partial charge in [-0.1, -0.05) is 35.0 Å². The standard InChI is InChI=1S/C20H17ClFN3O2/c21-16-5-2-1-4-14(16)12-18(26)25-11-3-6-17(25)20-23-19(24-27-20)13-7-9-15(22)10-8-13/h1-2,4-5,7-10,17H,3,6,11-12H2. The first-order valence-corrected chi connectivity index (χ1v) is 9.12. The fourth-order valence-electron chi connectivity index (χ4n) is 3.31. The maximum atomic E-state index is 13.1. The van der Waals surface area contributed by atoms with Crippen LogP contribution < -0.4 is 0 Å². The van der Waals surface area contributed by atoms with Gasteiger partial charge in [-0.15, -0.1) is 0 Å². The summed E-state index contributed by atoms with van der Waals surface area (Å²) in [7, 11) is 0. The third-order valence-corrected chi connectivity index (χ3v) is 5.07. The summed E-state index contributed by atoms with van der Waals surface area (Å²) in [5.41, 5.74) is 1.46. The first-order chi connectivity index (χ1) is 13.1. The molecule has 1 aromatic heterocycles. The van der Waals surface area contributed by atoms with Crippen LogP contribution >= 0.6 is 11.6 Å². The minimum atomic E-state index is -0.324. The van der Waals surface area contributed by atoms with Crippen LogP contribution in [0.2, 0.25) is 5.02 Å². The molecule has 1 aliphatic heterocycles. The van der Waals surface area contributed by atoms with Crippen LogP contribution in [0.25, 0.3) is 11.4 Å². The van der Waals surface area contributed by atoms with E-state index in [2.05, 4.69) is 10.1 Å². The van der Waals surface area contributed by atoms with E-state index in [-0.39, 0.29) is 24.2 Å². The van der Waals surface area contributed by atoms with Crippen LogP contribution in [-0.2, 0) is 11.2 Å². The summed E-state index contributed by atoms with van der Waals surface area (Å²) in [5.74, 6) is 0.441. The van der Waals surface area contributed by atoms with Gasteiger partial charge < -0.3 is 9.42 Å². The molecule has 1 aliphatic rings. The SMILES string of the molecule is O=C(Cc1ccccc1Cl)N1CCCC1c1nc(-c2ccc(F)cc2)no1. The number of rotatable bonds is 4. The molecule has 1 unspecified atom stereocenters. The number of benzene rings is 2. The topological polar surface area (TPSA) is 59.2 Å². The van der Waals surface area contributed by atoms with Crippen molar-refractivity contribution in [3.63, 3.8) is 0 Å². The highest BCUT2D eigenvalue weighted by molar-refractivity contribution is 6.31. The van der Waals surface area contributed by atoms with Crippen molar-refractivity contribution in [1.82, 2.24) is 15.0 Å². The van der Waals surface area contributed by atoms with E-state index in [1.807, 2.05) is 18.2 Å². The maximum Gasteiger partial charge on any atom is 0.249 e. The first-order valence-electron chi connectivity index (χ1n) is 8.74. The van der Waals surface area contributed by atoms with Crippen LogP contribution in [0, 0.1) is 5.82 Å². The third-order valence-electron chi connectivity index (χ3n) is 4.70. The van der Waals surface area contributed by atoms with Crippen LogP contribution in [-0.4, -0.2) is 27.5 Å². The molecule has 0 N–H and O–H groups in total. The van der Waals surface area contributed by atoms with Gasteiger partial charge in [0.1, 0.15) is 11.9 Å². The summed E-state index contributed by atoms with van der Waals surface area (Å²) in [4.78, 5) is 19.0. The fraction of sp³-hybridized carbons (Fsp3) is 0.250. The Balaban J connectivity index is 1.52. The highest BCUT2D eigenvalue weighted by Gasteiger charge is 2.34. The number of nitrogens with zero attached hydrogens (tertiary/aromatic N) is 3. The van der Waals surface area contributed by atoms with Gasteiger partial charge in [0, 0.05) is 17.1 Å². The second kappa shape index (κ2) is 7.48. The van der Waals surface area contributed by atoms with Crippen LogP contribution in [0.4, 0.5) is 4.39 Å². The third kappa shape index (κ3) is 3.71. The quantitative estimate of drug-likeness (QED) is 0.666. The molecule has 1 atom stereocenters. The summed E-state index contributed by atoms with van der Waals surface area (Å²) in [6.07, 6.45) is 1.86. The van der Waals surface area contributed by atoms with E-state index < -0.39 is 0 Å². The molecule has 3 aromatic rings. The molecule has 0 radical (unpaired) electrons. The number of carbonyl (C=O) groups excluding carboxylic acids is 1. The molecule has 2 aromatic carbocycles. The highest BCUT2D eigenvalue weighted by Crippen LogP contribution is 2.33. The van der Waals surface area contributed by atoms with Crippen molar-refractivity contribution in [3.05, 3.63) is 70.8 Å². The number of likely N-dealkylation sites (tertiary alicyclic amines) is 1. The molecule has 138 valence electrons. The molecule has 5 nitrogen and oxygen atoms in total. The maximum absolute atomic E-state index is 13.1. The van der Waals surface area contributed by atoms with E-state index in [0.29, 0.717) is 28.8 Å². The molecule has 0 spiro atoms. The van der Waals surface area contributed by atoms with Crippen molar-refractivity contribution in [2.24, 2.45) is 0 Å². The summed E-state index contributed by atoms with van der Waals surface area (Å²) in [6, 6.07) is 13.0. The molecule has 1 fully saturated rings. The Labute approximate surface area is 160 Å². The predicted molar refractivity (Wildman–Crippen MR) is 98.5 cm³/mol. The second-order valence-electron chi connectivity index (χ2n) is 6.48. The lowest BCUT2D eigenvalue weighted by Gasteiger charge is -2.22. The normalized spacial score (nSPS) is 16.7.